The number of carbonyl (C=O) groups excluding carboxylic acids is 3. The van der Waals surface area contributed by atoms with Crippen molar-refractivity contribution in [1.82, 2.24) is 0 Å². The molecule has 2 aromatic rings. The molecule has 0 saturated heterocycles. The van der Waals surface area contributed by atoms with E-state index < -0.39 is 23.8 Å². The highest BCUT2D eigenvalue weighted by Gasteiger charge is 2.38. The Balaban J connectivity index is 2.00. The van der Waals surface area contributed by atoms with Gasteiger partial charge in [-0.2, -0.15) is 0 Å². The second kappa shape index (κ2) is 7.79. The van der Waals surface area contributed by atoms with Crippen molar-refractivity contribution in [3.05, 3.63) is 45.8 Å². The zero-order chi connectivity index (χ0) is 19.6. The van der Waals surface area contributed by atoms with Gasteiger partial charge in [-0.05, 0) is 30.5 Å². The Morgan fingerprint density at radius 3 is 2.52 bits per heavy atom. The molecule has 1 N–H and O–H groups in total. The Morgan fingerprint density at radius 2 is 1.85 bits per heavy atom. The van der Waals surface area contributed by atoms with Crippen LogP contribution in [0.4, 0.5) is 5.00 Å². The van der Waals surface area contributed by atoms with Gasteiger partial charge >= 0.3 is 11.9 Å². The van der Waals surface area contributed by atoms with E-state index in [-0.39, 0.29) is 5.56 Å². The van der Waals surface area contributed by atoms with Crippen molar-refractivity contribution in [1.29, 1.82) is 0 Å². The van der Waals surface area contributed by atoms with Crippen LogP contribution < -0.4 is 10.1 Å². The molecule has 142 valence electrons. The lowest BCUT2D eigenvalue weighted by Gasteiger charge is -2.12. The normalized spacial score (nSPS) is 15.0. The largest absolute Gasteiger partial charge is 0.496 e. The number of hydrogen-bond acceptors (Lipinski definition) is 7. The average molecular weight is 389 g/mol. The number of para-hydroxylation sites is 1. The van der Waals surface area contributed by atoms with Crippen LogP contribution in [-0.4, -0.2) is 39.2 Å². The van der Waals surface area contributed by atoms with Crippen LogP contribution in [0.15, 0.2) is 24.3 Å². The molecule has 1 aromatic carbocycles. The lowest BCUT2D eigenvalue weighted by atomic mass is 9.99. The molecule has 27 heavy (non-hydrogen) atoms. The number of esters is 2. The fraction of sp³-hybridized carbons (Fsp3) is 0.316. The van der Waals surface area contributed by atoms with Crippen LogP contribution in [0, 0.1) is 0 Å². The number of carbonyl (C=O) groups is 3. The molecule has 0 spiro atoms. The topological polar surface area (TPSA) is 90.9 Å². The average Bonchev–Trinajstić information content (AvgIpc) is 3.25. The fourth-order valence-electron chi connectivity index (χ4n) is 3.24. The van der Waals surface area contributed by atoms with E-state index in [9.17, 15) is 14.4 Å². The van der Waals surface area contributed by atoms with Crippen LogP contribution >= 0.6 is 11.3 Å². The minimum Gasteiger partial charge on any atom is -0.496 e. The SMILES string of the molecule is COC(=O)c1c(NC(=O)c2ccccc2OC)sc2c1C(C(=O)OC)CC2. The number of anilines is 1. The molecule has 8 heteroatoms. The van der Waals surface area contributed by atoms with E-state index in [1.54, 1.807) is 24.3 Å². The summed E-state index contributed by atoms with van der Waals surface area (Å²) in [6.07, 6.45) is 1.20. The number of amides is 1. The first kappa shape index (κ1) is 18.9. The van der Waals surface area contributed by atoms with Gasteiger partial charge in [0.05, 0.1) is 38.4 Å². The smallest absolute Gasteiger partial charge is 0.341 e. The van der Waals surface area contributed by atoms with Gasteiger partial charge in [0.15, 0.2) is 0 Å². The number of rotatable bonds is 5. The Bertz CT molecular complexity index is 904. The third-order valence-corrected chi connectivity index (χ3v) is 5.67. The lowest BCUT2D eigenvalue weighted by Crippen LogP contribution is -2.18. The molecule has 1 aliphatic rings. The Morgan fingerprint density at radius 1 is 1.11 bits per heavy atom. The summed E-state index contributed by atoms with van der Waals surface area (Å²) in [5, 5.41) is 3.13. The van der Waals surface area contributed by atoms with Gasteiger partial charge < -0.3 is 19.5 Å². The first-order chi connectivity index (χ1) is 13.0. The zero-order valence-electron chi connectivity index (χ0n) is 15.2. The first-order valence-electron chi connectivity index (χ1n) is 8.27. The van der Waals surface area contributed by atoms with Gasteiger partial charge in [-0.3, -0.25) is 9.59 Å². The maximum Gasteiger partial charge on any atom is 0.341 e. The van der Waals surface area contributed by atoms with Crippen molar-refractivity contribution < 1.29 is 28.6 Å². The van der Waals surface area contributed by atoms with Gasteiger partial charge in [-0.15, -0.1) is 11.3 Å². The molecular weight excluding hydrogens is 370 g/mol. The second-order valence-electron chi connectivity index (χ2n) is 5.90. The Kier molecular flexibility index (Phi) is 5.46. The maximum absolute atomic E-state index is 12.7. The molecule has 0 saturated carbocycles. The molecule has 1 aromatic heterocycles. The summed E-state index contributed by atoms with van der Waals surface area (Å²) in [5.41, 5.74) is 1.15. The maximum atomic E-state index is 12.7. The number of fused-ring (bicyclic) bond motifs is 1. The highest BCUT2D eigenvalue weighted by Crippen LogP contribution is 2.46. The van der Waals surface area contributed by atoms with Crippen LogP contribution in [0.3, 0.4) is 0 Å². The third-order valence-electron chi connectivity index (χ3n) is 4.48. The third kappa shape index (κ3) is 3.40. The van der Waals surface area contributed by atoms with E-state index in [1.807, 2.05) is 0 Å². The van der Waals surface area contributed by atoms with Crippen molar-refractivity contribution in [3.63, 3.8) is 0 Å². The molecule has 7 nitrogen and oxygen atoms in total. The molecule has 1 atom stereocenters. The van der Waals surface area contributed by atoms with Crippen molar-refractivity contribution in [2.75, 3.05) is 26.6 Å². The van der Waals surface area contributed by atoms with Gasteiger partial charge in [0.25, 0.3) is 5.91 Å². The molecule has 1 heterocycles. The van der Waals surface area contributed by atoms with Crippen LogP contribution in [-0.2, 0) is 20.7 Å². The summed E-state index contributed by atoms with van der Waals surface area (Å²) >= 11 is 1.28. The van der Waals surface area contributed by atoms with Crippen molar-refractivity contribution in [2.24, 2.45) is 0 Å². The summed E-state index contributed by atoms with van der Waals surface area (Å²) in [4.78, 5) is 38.1. The molecule has 3 rings (SSSR count). The van der Waals surface area contributed by atoms with E-state index in [2.05, 4.69) is 5.32 Å². The highest BCUT2D eigenvalue weighted by molar-refractivity contribution is 7.17. The van der Waals surface area contributed by atoms with E-state index in [0.717, 1.165) is 4.88 Å². The molecule has 0 fully saturated rings. The molecule has 0 bridgehead atoms. The molecular formula is C19H19NO6S. The van der Waals surface area contributed by atoms with Crippen LogP contribution in [0.1, 0.15) is 43.5 Å². The quantitative estimate of drug-likeness (QED) is 0.791. The fourth-order valence-corrected chi connectivity index (χ4v) is 4.50. The summed E-state index contributed by atoms with van der Waals surface area (Å²) in [7, 11) is 4.06. The lowest BCUT2D eigenvalue weighted by molar-refractivity contribution is -0.142. The van der Waals surface area contributed by atoms with Crippen LogP contribution in [0.25, 0.3) is 0 Å². The number of thiophene rings is 1. The van der Waals surface area contributed by atoms with Crippen molar-refractivity contribution >= 4 is 34.2 Å². The van der Waals surface area contributed by atoms with Gasteiger partial charge in [-0.25, -0.2) is 4.79 Å². The Labute approximate surface area is 160 Å². The standard InChI is InChI=1S/C19H19NO6S/c1-24-12-7-5-4-6-10(12)16(21)20-17-15(19(23)26-3)14-11(18(22)25-2)8-9-13(14)27-17/h4-7,11H,8-9H2,1-3H3,(H,20,21). The number of ether oxygens (including phenoxy) is 3. The number of hydrogen-bond donors (Lipinski definition) is 1. The molecule has 1 aliphatic carbocycles. The zero-order valence-corrected chi connectivity index (χ0v) is 16.0. The summed E-state index contributed by atoms with van der Waals surface area (Å²) < 4.78 is 15.0. The van der Waals surface area contributed by atoms with E-state index in [1.165, 1.54) is 32.7 Å². The van der Waals surface area contributed by atoms with Crippen molar-refractivity contribution in [2.45, 2.75) is 18.8 Å². The number of benzene rings is 1. The second-order valence-corrected chi connectivity index (χ2v) is 7.01. The van der Waals surface area contributed by atoms with Gasteiger partial charge in [0.1, 0.15) is 10.8 Å². The molecule has 0 radical (unpaired) electrons. The van der Waals surface area contributed by atoms with Gasteiger partial charge in [-0.1, -0.05) is 12.1 Å². The summed E-state index contributed by atoms with van der Waals surface area (Å²) in [5.74, 6) is -1.52. The highest BCUT2D eigenvalue weighted by atomic mass is 32.1. The van der Waals surface area contributed by atoms with E-state index >= 15 is 0 Å². The number of nitrogens with one attached hydrogen (secondary N) is 1. The van der Waals surface area contributed by atoms with E-state index in [0.29, 0.717) is 34.7 Å². The predicted octanol–water partition coefficient (Wildman–Crippen LogP) is 3.00. The molecule has 1 amide bonds. The monoisotopic (exact) mass is 389 g/mol. The van der Waals surface area contributed by atoms with Crippen LogP contribution in [0.5, 0.6) is 5.75 Å². The van der Waals surface area contributed by atoms with Gasteiger partial charge in [0.2, 0.25) is 0 Å². The minimum absolute atomic E-state index is 0.216. The molecule has 0 aliphatic heterocycles. The number of aryl methyl sites for hydroxylation is 1. The minimum atomic E-state index is -0.598. The Hall–Kier alpha value is -2.87. The van der Waals surface area contributed by atoms with Crippen molar-refractivity contribution in [3.8, 4) is 5.75 Å². The number of methoxy groups -OCH3 is 3. The van der Waals surface area contributed by atoms with E-state index in [4.69, 9.17) is 14.2 Å². The summed E-state index contributed by atoms with van der Waals surface area (Å²) in [6.45, 7) is 0. The molecule has 1 unspecified atom stereocenters. The van der Waals surface area contributed by atoms with Gasteiger partial charge in [0, 0.05) is 4.88 Å². The summed E-state index contributed by atoms with van der Waals surface area (Å²) in [6, 6.07) is 6.79. The van der Waals surface area contributed by atoms with Crippen LogP contribution in [0.2, 0.25) is 0 Å². The first-order valence-corrected chi connectivity index (χ1v) is 9.09. The predicted molar refractivity (Wildman–Crippen MR) is 99.7 cm³/mol.